The number of nitrogens with zero attached hydrogens (tertiary/aromatic N) is 5. The molecule has 2 aliphatic rings. The third-order valence-electron chi connectivity index (χ3n) is 4.74. The number of amides is 1. The molecule has 2 saturated heterocycles. The van der Waals surface area contributed by atoms with E-state index in [0.29, 0.717) is 31.9 Å². The van der Waals surface area contributed by atoms with Gasteiger partial charge in [0.15, 0.2) is 0 Å². The monoisotopic (exact) mass is 329 g/mol. The van der Waals surface area contributed by atoms with Crippen molar-refractivity contribution in [2.75, 3.05) is 57.4 Å². The van der Waals surface area contributed by atoms with Crippen LogP contribution in [0.4, 0.5) is 5.82 Å². The van der Waals surface area contributed by atoms with E-state index in [0.717, 1.165) is 32.0 Å². The average Bonchev–Trinajstić information content (AvgIpc) is 2.67. The Balaban J connectivity index is 1.56. The number of ether oxygens (including phenoxy) is 1. The fourth-order valence-electron chi connectivity index (χ4n) is 3.20. The largest absolute Gasteiger partial charge is 0.378 e. The van der Waals surface area contributed by atoms with E-state index in [4.69, 9.17) is 10.00 Å². The highest BCUT2D eigenvalue weighted by Crippen LogP contribution is 2.17. The molecule has 0 spiro atoms. The molecule has 7 nitrogen and oxygen atoms in total. The Morgan fingerprint density at radius 3 is 2.62 bits per heavy atom. The standard InChI is InChI=1S/C17H23N5O2/c1-14(17(23)22-8-10-24-11-9-22)20-4-6-21(7-5-20)16-12-15(13-18)2-3-19-16/h2-3,12,14H,4-11H2,1H3/t14-/m1/s1. The molecule has 7 heteroatoms. The van der Waals surface area contributed by atoms with Crippen molar-refractivity contribution in [1.29, 1.82) is 5.26 Å². The van der Waals surface area contributed by atoms with Crippen LogP contribution in [-0.2, 0) is 9.53 Å². The van der Waals surface area contributed by atoms with E-state index in [9.17, 15) is 4.79 Å². The molecule has 0 bridgehead atoms. The fourth-order valence-corrected chi connectivity index (χ4v) is 3.20. The summed E-state index contributed by atoms with van der Waals surface area (Å²) in [5.74, 6) is 1.03. The molecular weight excluding hydrogens is 306 g/mol. The van der Waals surface area contributed by atoms with Gasteiger partial charge >= 0.3 is 0 Å². The van der Waals surface area contributed by atoms with Crippen molar-refractivity contribution >= 4 is 11.7 Å². The topological polar surface area (TPSA) is 72.7 Å². The minimum Gasteiger partial charge on any atom is -0.378 e. The second kappa shape index (κ2) is 7.60. The highest BCUT2D eigenvalue weighted by atomic mass is 16.5. The number of rotatable bonds is 3. The van der Waals surface area contributed by atoms with Crippen LogP contribution in [0.25, 0.3) is 0 Å². The molecule has 0 aromatic carbocycles. The third kappa shape index (κ3) is 3.66. The lowest BCUT2D eigenvalue weighted by Crippen LogP contribution is -2.56. The Kier molecular flexibility index (Phi) is 5.28. The zero-order valence-corrected chi connectivity index (χ0v) is 14.0. The summed E-state index contributed by atoms with van der Waals surface area (Å²) in [6.07, 6.45) is 1.67. The van der Waals surface area contributed by atoms with Gasteiger partial charge in [-0.25, -0.2) is 4.98 Å². The molecular formula is C17H23N5O2. The zero-order valence-electron chi connectivity index (χ0n) is 14.0. The molecule has 1 atom stereocenters. The Morgan fingerprint density at radius 1 is 1.25 bits per heavy atom. The highest BCUT2D eigenvalue weighted by molar-refractivity contribution is 5.81. The molecule has 0 radical (unpaired) electrons. The minimum atomic E-state index is -0.108. The van der Waals surface area contributed by atoms with Crippen LogP contribution in [0.3, 0.4) is 0 Å². The van der Waals surface area contributed by atoms with Crippen LogP contribution < -0.4 is 4.90 Å². The Labute approximate surface area is 142 Å². The van der Waals surface area contributed by atoms with E-state index in [1.807, 2.05) is 17.9 Å². The van der Waals surface area contributed by atoms with Gasteiger partial charge in [-0.05, 0) is 19.1 Å². The average molecular weight is 329 g/mol. The van der Waals surface area contributed by atoms with Crippen molar-refractivity contribution in [2.24, 2.45) is 0 Å². The van der Waals surface area contributed by atoms with Crippen molar-refractivity contribution in [3.05, 3.63) is 23.9 Å². The van der Waals surface area contributed by atoms with E-state index in [1.165, 1.54) is 0 Å². The number of piperazine rings is 1. The number of pyridine rings is 1. The molecule has 1 aromatic rings. The number of aromatic nitrogens is 1. The maximum absolute atomic E-state index is 12.6. The third-order valence-corrected chi connectivity index (χ3v) is 4.74. The molecule has 1 amide bonds. The lowest BCUT2D eigenvalue weighted by molar-refractivity contribution is -0.140. The molecule has 128 valence electrons. The summed E-state index contributed by atoms with van der Waals surface area (Å²) in [6, 6.07) is 5.57. The lowest BCUT2D eigenvalue weighted by atomic mass is 10.2. The molecule has 2 aliphatic heterocycles. The van der Waals surface area contributed by atoms with Gasteiger partial charge in [-0.15, -0.1) is 0 Å². The van der Waals surface area contributed by atoms with Crippen molar-refractivity contribution in [3.63, 3.8) is 0 Å². The van der Waals surface area contributed by atoms with Crippen LogP contribution >= 0.6 is 0 Å². The summed E-state index contributed by atoms with van der Waals surface area (Å²) in [5.41, 5.74) is 0.623. The Morgan fingerprint density at radius 2 is 1.96 bits per heavy atom. The zero-order chi connectivity index (χ0) is 16.9. The van der Waals surface area contributed by atoms with Crippen LogP contribution in [0.1, 0.15) is 12.5 Å². The van der Waals surface area contributed by atoms with Gasteiger partial charge in [0.25, 0.3) is 0 Å². The first kappa shape index (κ1) is 16.7. The summed E-state index contributed by atoms with van der Waals surface area (Å²) in [5, 5.41) is 9.00. The quantitative estimate of drug-likeness (QED) is 0.795. The van der Waals surface area contributed by atoms with Gasteiger partial charge in [0.1, 0.15) is 5.82 Å². The molecule has 24 heavy (non-hydrogen) atoms. The first-order valence-electron chi connectivity index (χ1n) is 8.41. The van der Waals surface area contributed by atoms with Gasteiger partial charge in [-0.2, -0.15) is 5.26 Å². The van der Waals surface area contributed by atoms with Crippen LogP contribution in [0.5, 0.6) is 0 Å². The first-order valence-corrected chi connectivity index (χ1v) is 8.41. The molecule has 0 aliphatic carbocycles. The van der Waals surface area contributed by atoms with Gasteiger partial charge in [0.2, 0.25) is 5.91 Å². The van der Waals surface area contributed by atoms with Crippen molar-refractivity contribution in [1.82, 2.24) is 14.8 Å². The van der Waals surface area contributed by atoms with E-state index >= 15 is 0 Å². The Bertz CT molecular complexity index is 616. The van der Waals surface area contributed by atoms with Gasteiger partial charge in [-0.1, -0.05) is 0 Å². The summed E-state index contributed by atoms with van der Waals surface area (Å²) in [4.78, 5) is 23.3. The van der Waals surface area contributed by atoms with Gasteiger partial charge in [0, 0.05) is 45.5 Å². The number of anilines is 1. The molecule has 0 unspecified atom stereocenters. The highest BCUT2D eigenvalue weighted by Gasteiger charge is 2.29. The van der Waals surface area contributed by atoms with Gasteiger partial charge in [-0.3, -0.25) is 9.69 Å². The predicted octanol–water partition coefficient (Wildman–Crippen LogP) is 0.323. The summed E-state index contributed by atoms with van der Waals surface area (Å²) < 4.78 is 5.31. The normalized spacial score (nSPS) is 20.5. The van der Waals surface area contributed by atoms with Crippen molar-refractivity contribution in [2.45, 2.75) is 13.0 Å². The van der Waals surface area contributed by atoms with E-state index in [2.05, 4.69) is 20.9 Å². The van der Waals surface area contributed by atoms with Crippen molar-refractivity contribution in [3.8, 4) is 6.07 Å². The first-order chi connectivity index (χ1) is 11.7. The smallest absolute Gasteiger partial charge is 0.239 e. The number of hydrogen-bond acceptors (Lipinski definition) is 6. The Hall–Kier alpha value is -2.17. The second-order valence-electron chi connectivity index (χ2n) is 6.15. The van der Waals surface area contributed by atoms with Crippen LogP contribution in [0, 0.1) is 11.3 Å². The summed E-state index contributed by atoms with van der Waals surface area (Å²) >= 11 is 0. The van der Waals surface area contributed by atoms with Crippen LogP contribution in [0.15, 0.2) is 18.3 Å². The number of morpholine rings is 1. The second-order valence-corrected chi connectivity index (χ2v) is 6.15. The van der Waals surface area contributed by atoms with Gasteiger partial charge in [0.05, 0.1) is 30.9 Å². The number of nitriles is 1. The van der Waals surface area contributed by atoms with Crippen molar-refractivity contribution < 1.29 is 9.53 Å². The van der Waals surface area contributed by atoms with E-state index < -0.39 is 0 Å². The summed E-state index contributed by atoms with van der Waals surface area (Å²) in [7, 11) is 0. The summed E-state index contributed by atoms with van der Waals surface area (Å²) in [6.45, 7) is 7.88. The SMILES string of the molecule is C[C@H](C(=O)N1CCOCC1)N1CCN(c2cc(C#N)ccn2)CC1. The van der Waals surface area contributed by atoms with Gasteiger partial charge < -0.3 is 14.5 Å². The van der Waals surface area contributed by atoms with Crippen LogP contribution in [-0.4, -0.2) is 79.2 Å². The number of hydrogen-bond donors (Lipinski definition) is 0. The number of carbonyl (C=O) groups excluding carboxylic acids is 1. The number of carbonyl (C=O) groups is 1. The predicted molar refractivity (Wildman–Crippen MR) is 89.6 cm³/mol. The van der Waals surface area contributed by atoms with E-state index in [-0.39, 0.29) is 11.9 Å². The molecule has 0 N–H and O–H groups in total. The molecule has 3 rings (SSSR count). The lowest BCUT2D eigenvalue weighted by Gasteiger charge is -2.40. The molecule has 1 aromatic heterocycles. The molecule has 0 saturated carbocycles. The molecule has 3 heterocycles. The maximum Gasteiger partial charge on any atom is 0.239 e. The maximum atomic E-state index is 12.6. The van der Waals surface area contributed by atoms with E-state index in [1.54, 1.807) is 12.3 Å². The minimum absolute atomic E-state index is 0.108. The molecule has 2 fully saturated rings. The van der Waals surface area contributed by atoms with Crippen LogP contribution in [0.2, 0.25) is 0 Å². The fraction of sp³-hybridized carbons (Fsp3) is 0.588.